The van der Waals surface area contributed by atoms with E-state index in [4.69, 9.17) is 11.6 Å². The molecule has 0 aromatic heterocycles. The molecule has 154 valence electrons. The average molecular weight is 509 g/mol. The summed E-state index contributed by atoms with van der Waals surface area (Å²) in [5.74, 6) is 0.785. The van der Waals surface area contributed by atoms with Crippen molar-refractivity contribution in [2.24, 2.45) is 4.99 Å². The van der Waals surface area contributed by atoms with Gasteiger partial charge in [0.1, 0.15) is 0 Å². The van der Waals surface area contributed by atoms with Gasteiger partial charge < -0.3 is 20.6 Å². The van der Waals surface area contributed by atoms with Crippen LogP contribution in [0.25, 0.3) is 0 Å². The molecule has 1 saturated heterocycles. The van der Waals surface area contributed by atoms with Crippen LogP contribution in [0.1, 0.15) is 51.2 Å². The van der Waals surface area contributed by atoms with E-state index in [1.165, 1.54) is 19.4 Å². The van der Waals surface area contributed by atoms with Crippen LogP contribution in [-0.2, 0) is 0 Å². The number of hydrogen-bond acceptors (Lipinski definition) is 3. The fourth-order valence-electron chi connectivity index (χ4n) is 3.16. The molecule has 2 rings (SSSR count). The highest BCUT2D eigenvalue weighted by atomic mass is 127. The van der Waals surface area contributed by atoms with Crippen LogP contribution in [0.15, 0.2) is 29.3 Å². The summed E-state index contributed by atoms with van der Waals surface area (Å²) >= 11 is 5.90. The van der Waals surface area contributed by atoms with Crippen LogP contribution in [0.5, 0.6) is 0 Å². The molecule has 1 atom stereocenters. The third kappa shape index (κ3) is 8.98. The van der Waals surface area contributed by atoms with Crippen molar-refractivity contribution < 1.29 is 5.11 Å². The van der Waals surface area contributed by atoms with Gasteiger partial charge in [0.05, 0.1) is 12.6 Å². The Morgan fingerprint density at radius 3 is 2.52 bits per heavy atom. The number of nitrogens with one attached hydrogen (secondary N) is 2. The fraction of sp³-hybridized carbons (Fsp3) is 0.650. The van der Waals surface area contributed by atoms with Crippen molar-refractivity contribution >= 4 is 41.5 Å². The summed E-state index contributed by atoms with van der Waals surface area (Å²) in [6, 6.07) is 7.71. The number of aliphatic hydroxyl groups is 1. The minimum atomic E-state index is -0.626. The van der Waals surface area contributed by atoms with E-state index in [1.54, 1.807) is 12.1 Å². The molecule has 1 aromatic rings. The van der Waals surface area contributed by atoms with Crippen LogP contribution < -0.4 is 10.6 Å². The first-order valence-corrected chi connectivity index (χ1v) is 10.2. The highest BCUT2D eigenvalue weighted by Gasteiger charge is 2.19. The van der Waals surface area contributed by atoms with Gasteiger partial charge in [0.15, 0.2) is 5.96 Å². The van der Waals surface area contributed by atoms with Crippen LogP contribution >= 0.6 is 35.6 Å². The number of piperidine rings is 1. The zero-order chi connectivity index (χ0) is 18.8. The lowest BCUT2D eigenvalue weighted by Gasteiger charge is -2.33. The summed E-state index contributed by atoms with van der Waals surface area (Å²) in [5, 5.41) is 17.8. The van der Waals surface area contributed by atoms with Gasteiger partial charge in [-0.2, -0.15) is 0 Å². The Bertz CT molecular complexity index is 547. The molecule has 3 N–H and O–H groups in total. The molecule has 0 bridgehead atoms. The summed E-state index contributed by atoms with van der Waals surface area (Å²) in [6.45, 7) is 8.93. The van der Waals surface area contributed by atoms with Crippen LogP contribution in [-0.4, -0.2) is 54.7 Å². The molecule has 0 spiro atoms. The highest BCUT2D eigenvalue weighted by molar-refractivity contribution is 14.0. The van der Waals surface area contributed by atoms with Crippen LogP contribution in [0.3, 0.4) is 0 Å². The first-order valence-electron chi connectivity index (χ1n) is 9.83. The molecule has 1 aromatic carbocycles. The van der Waals surface area contributed by atoms with Gasteiger partial charge in [0.2, 0.25) is 0 Å². The number of aliphatic hydroxyl groups excluding tert-OH is 1. The predicted molar refractivity (Wildman–Crippen MR) is 125 cm³/mol. The molecule has 0 saturated carbocycles. The number of rotatable bonds is 8. The van der Waals surface area contributed by atoms with Gasteiger partial charge in [-0.1, -0.05) is 37.1 Å². The maximum absolute atomic E-state index is 10.3. The van der Waals surface area contributed by atoms with E-state index < -0.39 is 6.10 Å². The number of benzene rings is 1. The smallest absolute Gasteiger partial charge is 0.191 e. The number of unbranched alkanes of at least 4 members (excludes halogenated alkanes) is 1. The van der Waals surface area contributed by atoms with Crippen molar-refractivity contribution in [3.8, 4) is 0 Å². The van der Waals surface area contributed by atoms with E-state index >= 15 is 0 Å². The Kier molecular flexibility index (Phi) is 12.3. The van der Waals surface area contributed by atoms with Crippen molar-refractivity contribution in [1.82, 2.24) is 15.5 Å². The zero-order valence-electron chi connectivity index (χ0n) is 16.5. The third-order valence-corrected chi connectivity index (χ3v) is 5.03. The predicted octanol–water partition coefficient (Wildman–Crippen LogP) is 3.81. The van der Waals surface area contributed by atoms with E-state index in [1.807, 2.05) is 12.1 Å². The normalized spacial score (nSPS) is 17.3. The van der Waals surface area contributed by atoms with Gasteiger partial charge in [-0.15, -0.1) is 24.0 Å². The number of likely N-dealkylation sites (tertiary alicyclic amines) is 1. The Balaban J connectivity index is 0.00000364. The van der Waals surface area contributed by atoms with E-state index in [2.05, 4.69) is 34.4 Å². The lowest BCUT2D eigenvalue weighted by atomic mass is 10.0. The van der Waals surface area contributed by atoms with E-state index in [0.717, 1.165) is 44.0 Å². The molecule has 27 heavy (non-hydrogen) atoms. The highest BCUT2D eigenvalue weighted by Crippen LogP contribution is 2.17. The van der Waals surface area contributed by atoms with Crippen LogP contribution in [0.2, 0.25) is 5.02 Å². The Hall–Kier alpha value is -0.570. The second-order valence-electron chi connectivity index (χ2n) is 6.90. The van der Waals surface area contributed by atoms with Crippen molar-refractivity contribution in [1.29, 1.82) is 0 Å². The number of guanidine groups is 1. The van der Waals surface area contributed by atoms with Gasteiger partial charge in [-0.05, 0) is 50.4 Å². The minimum Gasteiger partial charge on any atom is -0.386 e. The summed E-state index contributed by atoms with van der Waals surface area (Å²) in [7, 11) is 0. The molecule has 1 aliphatic heterocycles. The molecule has 1 aliphatic rings. The second-order valence-corrected chi connectivity index (χ2v) is 7.34. The molecule has 0 radical (unpaired) electrons. The molecular formula is C20H34ClIN4O. The molecule has 7 heteroatoms. The monoisotopic (exact) mass is 508 g/mol. The minimum absolute atomic E-state index is 0. The first-order chi connectivity index (χ1) is 12.6. The number of aliphatic imine (C=N–C) groups is 1. The van der Waals surface area contributed by atoms with Crippen LogP contribution in [0, 0.1) is 0 Å². The standard InChI is InChI=1S/C20H33ClN4O.HI/c1-3-5-12-25-13-10-18(11-14-25)24-20(22-4-2)23-15-19(26)16-6-8-17(21)9-7-16;/h6-9,18-19,26H,3-5,10-15H2,1-2H3,(H2,22,23,24);1H. The van der Waals surface area contributed by atoms with Crippen molar-refractivity contribution in [3.05, 3.63) is 34.9 Å². The van der Waals surface area contributed by atoms with E-state index in [9.17, 15) is 5.11 Å². The van der Waals surface area contributed by atoms with Gasteiger partial charge >= 0.3 is 0 Å². The molecule has 0 amide bonds. The summed E-state index contributed by atoms with van der Waals surface area (Å²) in [5.41, 5.74) is 0.832. The van der Waals surface area contributed by atoms with Gasteiger partial charge in [-0.3, -0.25) is 4.99 Å². The van der Waals surface area contributed by atoms with Gasteiger partial charge in [0.25, 0.3) is 0 Å². The number of halogens is 2. The topological polar surface area (TPSA) is 59.9 Å². The first kappa shape index (κ1) is 24.5. The van der Waals surface area contributed by atoms with E-state index in [-0.39, 0.29) is 24.0 Å². The fourth-order valence-corrected chi connectivity index (χ4v) is 3.29. The van der Waals surface area contributed by atoms with Crippen molar-refractivity contribution in [3.63, 3.8) is 0 Å². The Morgan fingerprint density at radius 2 is 1.93 bits per heavy atom. The molecule has 1 heterocycles. The van der Waals surface area contributed by atoms with Crippen molar-refractivity contribution in [2.75, 3.05) is 32.7 Å². The molecular weight excluding hydrogens is 475 g/mol. The zero-order valence-corrected chi connectivity index (χ0v) is 19.5. The Labute approximate surface area is 186 Å². The maximum atomic E-state index is 10.3. The SMILES string of the molecule is CCCCN1CCC(NC(=NCC(O)c2ccc(Cl)cc2)NCC)CC1.I. The average Bonchev–Trinajstić information content (AvgIpc) is 2.66. The number of nitrogens with zero attached hydrogens (tertiary/aromatic N) is 2. The maximum Gasteiger partial charge on any atom is 0.191 e. The van der Waals surface area contributed by atoms with Crippen LogP contribution in [0.4, 0.5) is 0 Å². The lowest BCUT2D eigenvalue weighted by Crippen LogP contribution is -2.48. The van der Waals surface area contributed by atoms with Gasteiger partial charge in [0, 0.05) is 30.7 Å². The van der Waals surface area contributed by atoms with E-state index in [0.29, 0.717) is 17.6 Å². The summed E-state index contributed by atoms with van der Waals surface area (Å²) in [4.78, 5) is 7.12. The van der Waals surface area contributed by atoms with Crippen molar-refractivity contribution in [2.45, 2.75) is 51.7 Å². The lowest BCUT2D eigenvalue weighted by molar-refractivity contribution is 0.186. The summed E-state index contributed by atoms with van der Waals surface area (Å²) in [6.07, 6.45) is 4.18. The molecule has 1 unspecified atom stereocenters. The Morgan fingerprint density at radius 1 is 1.26 bits per heavy atom. The largest absolute Gasteiger partial charge is 0.386 e. The molecule has 1 fully saturated rings. The third-order valence-electron chi connectivity index (χ3n) is 4.78. The van der Waals surface area contributed by atoms with Gasteiger partial charge in [-0.25, -0.2) is 0 Å². The summed E-state index contributed by atoms with van der Waals surface area (Å²) < 4.78 is 0. The molecule has 5 nitrogen and oxygen atoms in total. The number of hydrogen-bond donors (Lipinski definition) is 3. The quantitative estimate of drug-likeness (QED) is 0.284. The second kappa shape index (κ2) is 13.6. The molecule has 0 aliphatic carbocycles.